The summed E-state index contributed by atoms with van der Waals surface area (Å²) in [5.41, 5.74) is -0.359. The molecule has 0 atom stereocenters. The van der Waals surface area contributed by atoms with E-state index in [-0.39, 0.29) is 11.1 Å². The number of quaternary nitrogens is 2. The van der Waals surface area contributed by atoms with Crippen molar-refractivity contribution >= 4 is 0 Å². The van der Waals surface area contributed by atoms with E-state index in [0.29, 0.717) is 6.04 Å². The summed E-state index contributed by atoms with van der Waals surface area (Å²) in [6.45, 7) is 11.2. The van der Waals surface area contributed by atoms with E-state index in [1.807, 2.05) is 0 Å². The van der Waals surface area contributed by atoms with Crippen LogP contribution in [-0.4, -0.2) is 79.5 Å². The lowest BCUT2D eigenvalue weighted by Gasteiger charge is -2.57. The molecule has 1 rings (SSSR count). The smallest absolute Gasteiger partial charge is 0.128 e. The third kappa shape index (κ3) is 4.32. The number of likely N-dealkylation sites (N-methyl/N-ethyl adjacent to an activating group) is 2. The van der Waals surface area contributed by atoms with Gasteiger partial charge in [0.15, 0.2) is 0 Å². The van der Waals surface area contributed by atoms with Gasteiger partial charge in [0, 0.05) is 12.8 Å². The summed E-state index contributed by atoms with van der Waals surface area (Å²) in [4.78, 5) is 0. The van der Waals surface area contributed by atoms with Crippen molar-refractivity contribution in [3.8, 4) is 0 Å². The maximum atomic E-state index is 13.4. The molecule has 0 unspecified atom stereocenters. The van der Waals surface area contributed by atoms with Gasteiger partial charge in [-0.25, -0.2) is 0 Å². The van der Waals surface area contributed by atoms with E-state index in [9.17, 15) is 5.21 Å². The van der Waals surface area contributed by atoms with E-state index in [1.54, 1.807) is 5.06 Å². The van der Waals surface area contributed by atoms with Crippen LogP contribution in [0, 0.1) is 0 Å². The van der Waals surface area contributed by atoms with Crippen molar-refractivity contribution in [2.24, 2.45) is 0 Å². The van der Waals surface area contributed by atoms with Gasteiger partial charge in [-0.15, -0.1) is 10.3 Å². The van der Waals surface area contributed by atoms with Gasteiger partial charge in [-0.05, 0) is 25.7 Å². The standard InChI is InChI=1S/C20H44N3O/c1-10-19(11-2)16-18(17-20(12-3,13-4)21(19)24)23(8,9)15-14-22(5,6)7/h18H,10-17H2,1-9H3/q+2. The quantitative estimate of drug-likeness (QED) is 0.617. The first-order valence-electron chi connectivity index (χ1n) is 10.0. The second-order valence-electron chi connectivity index (χ2n) is 9.74. The van der Waals surface area contributed by atoms with E-state index < -0.39 is 0 Å². The van der Waals surface area contributed by atoms with Crippen molar-refractivity contribution in [1.82, 2.24) is 5.06 Å². The van der Waals surface area contributed by atoms with Gasteiger partial charge in [0.25, 0.3) is 0 Å². The zero-order valence-electron chi connectivity index (χ0n) is 18.0. The zero-order valence-corrected chi connectivity index (χ0v) is 18.0. The Morgan fingerprint density at radius 1 is 0.792 bits per heavy atom. The topological polar surface area (TPSA) is 23.1 Å². The van der Waals surface area contributed by atoms with Crippen LogP contribution < -0.4 is 0 Å². The number of rotatable bonds is 8. The molecule has 0 amide bonds. The molecule has 0 aromatic heterocycles. The Hall–Kier alpha value is -0.160. The van der Waals surface area contributed by atoms with Crippen molar-refractivity contribution in [1.29, 1.82) is 0 Å². The molecule has 1 saturated heterocycles. The van der Waals surface area contributed by atoms with Crippen LogP contribution in [0.5, 0.6) is 0 Å². The lowest BCUT2D eigenvalue weighted by molar-refractivity contribution is -0.954. The summed E-state index contributed by atoms with van der Waals surface area (Å²) >= 11 is 0. The molecule has 1 aliphatic rings. The molecule has 1 fully saturated rings. The predicted molar refractivity (Wildman–Crippen MR) is 102 cm³/mol. The Balaban J connectivity index is 3.15. The number of piperidine rings is 1. The fourth-order valence-corrected chi connectivity index (χ4v) is 4.50. The molecule has 0 spiro atoms. The molecule has 4 heteroatoms. The number of hydroxylamine groups is 2. The van der Waals surface area contributed by atoms with Crippen molar-refractivity contribution in [3.05, 3.63) is 0 Å². The lowest BCUT2D eigenvalue weighted by Crippen LogP contribution is -2.69. The summed E-state index contributed by atoms with van der Waals surface area (Å²) in [6.07, 6.45) is 5.91. The van der Waals surface area contributed by atoms with Gasteiger partial charge in [0.05, 0.1) is 52.4 Å². The maximum absolute atomic E-state index is 13.4. The van der Waals surface area contributed by atoms with Gasteiger partial charge in [-0.1, -0.05) is 27.7 Å². The van der Waals surface area contributed by atoms with E-state index in [0.717, 1.165) is 47.5 Å². The second-order valence-corrected chi connectivity index (χ2v) is 9.74. The second kappa shape index (κ2) is 7.61. The number of hydrogen-bond donors (Lipinski definition) is 0. The van der Waals surface area contributed by atoms with Crippen LogP contribution in [0.3, 0.4) is 0 Å². The molecular formula is C20H44N3O+2. The summed E-state index contributed by atoms with van der Waals surface area (Å²) in [6, 6.07) is 0.571. The van der Waals surface area contributed by atoms with Crippen LogP contribution in [0.25, 0.3) is 0 Å². The first kappa shape index (κ1) is 21.9. The molecule has 1 aliphatic heterocycles. The van der Waals surface area contributed by atoms with Crippen molar-refractivity contribution in [2.45, 2.75) is 83.3 Å². The SMILES string of the molecule is CCC1(CC)CC([N+](C)(C)CC[N+](C)(C)C)CC(CC)(CC)N1[O]. The first-order chi connectivity index (χ1) is 10.9. The molecule has 143 valence electrons. The first-order valence-corrected chi connectivity index (χ1v) is 10.0. The Morgan fingerprint density at radius 3 is 1.46 bits per heavy atom. The van der Waals surface area contributed by atoms with Crippen LogP contribution in [0.1, 0.15) is 66.2 Å². The van der Waals surface area contributed by atoms with E-state index in [4.69, 9.17) is 0 Å². The Kier molecular flexibility index (Phi) is 6.94. The highest BCUT2D eigenvalue weighted by atomic mass is 16.5. The molecular weight excluding hydrogens is 298 g/mol. The average molecular weight is 343 g/mol. The minimum Gasteiger partial charge on any atom is -0.326 e. The van der Waals surface area contributed by atoms with Crippen LogP contribution in [0.4, 0.5) is 0 Å². The van der Waals surface area contributed by atoms with Gasteiger partial charge >= 0.3 is 0 Å². The van der Waals surface area contributed by atoms with Crippen LogP contribution in [-0.2, 0) is 5.21 Å². The van der Waals surface area contributed by atoms with Gasteiger partial charge in [0.2, 0.25) is 0 Å². The molecule has 24 heavy (non-hydrogen) atoms. The summed E-state index contributed by atoms with van der Waals surface area (Å²) in [7, 11) is 11.6. The maximum Gasteiger partial charge on any atom is 0.128 e. The molecule has 0 saturated carbocycles. The zero-order chi connectivity index (χ0) is 18.8. The summed E-state index contributed by atoms with van der Waals surface area (Å²) < 4.78 is 2.04. The van der Waals surface area contributed by atoms with Crippen molar-refractivity contribution in [3.63, 3.8) is 0 Å². The normalized spacial score (nSPS) is 22.8. The van der Waals surface area contributed by atoms with Crippen LogP contribution in [0.15, 0.2) is 0 Å². The highest BCUT2D eigenvalue weighted by molar-refractivity contribution is 5.03. The fourth-order valence-electron chi connectivity index (χ4n) is 4.50. The average Bonchev–Trinajstić information content (AvgIpc) is 2.53. The Bertz CT molecular complexity index is 370. The van der Waals surface area contributed by atoms with Crippen molar-refractivity contribution < 1.29 is 14.2 Å². The van der Waals surface area contributed by atoms with Crippen LogP contribution >= 0.6 is 0 Å². The third-order valence-corrected chi connectivity index (χ3v) is 7.06. The predicted octanol–water partition coefficient (Wildman–Crippen LogP) is 3.70. The van der Waals surface area contributed by atoms with Crippen LogP contribution in [0.2, 0.25) is 0 Å². The van der Waals surface area contributed by atoms with E-state index >= 15 is 0 Å². The Labute approximate surface area is 151 Å². The number of hydrogen-bond acceptors (Lipinski definition) is 1. The van der Waals surface area contributed by atoms with Gasteiger partial charge in [0.1, 0.15) is 13.1 Å². The van der Waals surface area contributed by atoms with E-state index in [2.05, 4.69) is 62.9 Å². The highest BCUT2D eigenvalue weighted by Crippen LogP contribution is 2.47. The van der Waals surface area contributed by atoms with Crippen molar-refractivity contribution in [2.75, 3.05) is 48.3 Å². The van der Waals surface area contributed by atoms with E-state index in [1.165, 1.54) is 13.1 Å². The molecule has 0 aliphatic carbocycles. The molecule has 4 nitrogen and oxygen atoms in total. The molecule has 1 radical (unpaired) electrons. The van der Waals surface area contributed by atoms with Gasteiger partial charge in [-0.3, -0.25) is 0 Å². The minimum atomic E-state index is -0.180. The molecule has 1 heterocycles. The third-order valence-electron chi connectivity index (χ3n) is 7.06. The molecule has 0 aromatic carbocycles. The minimum absolute atomic E-state index is 0.180. The summed E-state index contributed by atoms with van der Waals surface area (Å²) in [5, 5.41) is 14.9. The monoisotopic (exact) mass is 342 g/mol. The molecule has 0 N–H and O–H groups in total. The Morgan fingerprint density at radius 2 is 1.17 bits per heavy atom. The highest BCUT2D eigenvalue weighted by Gasteiger charge is 2.55. The largest absolute Gasteiger partial charge is 0.326 e. The molecule has 0 bridgehead atoms. The number of nitrogens with zero attached hydrogens (tertiary/aromatic N) is 3. The molecule has 0 aromatic rings. The lowest BCUT2D eigenvalue weighted by atomic mass is 9.70. The summed E-state index contributed by atoms with van der Waals surface area (Å²) in [5.74, 6) is 0. The van der Waals surface area contributed by atoms with Gasteiger partial charge in [-0.2, -0.15) is 0 Å². The fraction of sp³-hybridized carbons (Fsp3) is 1.00. The van der Waals surface area contributed by atoms with Gasteiger partial charge < -0.3 is 8.97 Å².